The van der Waals surface area contributed by atoms with Crippen LogP contribution in [-0.4, -0.2) is 10.2 Å². The smallest absolute Gasteiger partial charge is 0.230 e. The number of anilines is 1. The van der Waals surface area contributed by atoms with E-state index in [0.717, 1.165) is 43.2 Å². The second kappa shape index (κ2) is 5.86. The molecule has 4 fully saturated rings. The predicted octanol–water partition coefficient (Wildman–Crippen LogP) is 5.87. The Morgan fingerprint density at radius 3 is 2.54 bits per heavy atom. The second-order valence-corrected chi connectivity index (χ2v) is 10.4. The van der Waals surface area contributed by atoms with Gasteiger partial charge in [-0.25, -0.2) is 0 Å². The molecule has 1 aromatic carbocycles. The minimum atomic E-state index is -0.143. The summed E-state index contributed by atoms with van der Waals surface area (Å²) < 4.78 is 0.227. The topological polar surface area (TPSA) is 29.1 Å². The average Bonchev–Trinajstić information content (AvgIpc) is 2.52. The van der Waals surface area contributed by atoms with Gasteiger partial charge in [0.15, 0.2) is 0 Å². The van der Waals surface area contributed by atoms with E-state index in [9.17, 15) is 4.79 Å². The third-order valence-corrected chi connectivity index (χ3v) is 7.75. The number of para-hydroxylation sites is 1. The molecule has 4 bridgehead atoms. The molecule has 0 aromatic heterocycles. The number of carbonyl (C=O) groups excluding carboxylic acids is 1. The van der Waals surface area contributed by atoms with Crippen LogP contribution in [0.1, 0.15) is 70.3 Å². The molecule has 4 aliphatic carbocycles. The van der Waals surface area contributed by atoms with Crippen molar-refractivity contribution in [1.29, 1.82) is 0 Å². The van der Waals surface area contributed by atoms with Gasteiger partial charge in [-0.3, -0.25) is 4.79 Å². The van der Waals surface area contributed by atoms with Crippen molar-refractivity contribution in [3.05, 3.63) is 29.8 Å². The Morgan fingerprint density at radius 1 is 1.25 bits per heavy atom. The van der Waals surface area contributed by atoms with Crippen molar-refractivity contribution in [3.8, 4) is 0 Å². The van der Waals surface area contributed by atoms with Crippen molar-refractivity contribution in [3.63, 3.8) is 0 Å². The van der Waals surface area contributed by atoms with Gasteiger partial charge in [-0.05, 0) is 74.3 Å². The van der Waals surface area contributed by atoms with E-state index in [1.54, 1.807) is 0 Å². The number of carbonyl (C=O) groups is 1. The fraction of sp³-hybridized carbons (Fsp3) is 0.667. The van der Waals surface area contributed by atoms with Crippen LogP contribution in [0.4, 0.5) is 5.69 Å². The summed E-state index contributed by atoms with van der Waals surface area (Å²) in [6.07, 6.45) is 8.16. The zero-order chi connectivity index (χ0) is 16.9. The molecular weight excluding hydrogens is 362 g/mol. The fourth-order valence-electron chi connectivity index (χ4n) is 5.93. The van der Waals surface area contributed by atoms with Crippen molar-refractivity contribution < 1.29 is 4.79 Å². The van der Waals surface area contributed by atoms with Crippen molar-refractivity contribution in [1.82, 2.24) is 0 Å². The molecule has 3 heteroatoms. The van der Waals surface area contributed by atoms with Crippen LogP contribution in [0.2, 0.25) is 0 Å². The maximum absolute atomic E-state index is 13.3. The number of hydrogen-bond donors (Lipinski definition) is 1. The lowest BCUT2D eigenvalue weighted by Gasteiger charge is -2.59. The molecule has 1 aromatic rings. The van der Waals surface area contributed by atoms with Gasteiger partial charge in [-0.15, -0.1) is 0 Å². The zero-order valence-corrected chi connectivity index (χ0v) is 16.4. The predicted molar refractivity (Wildman–Crippen MR) is 103 cm³/mol. The quantitative estimate of drug-likeness (QED) is 0.640. The van der Waals surface area contributed by atoms with E-state index < -0.39 is 0 Å². The minimum Gasteiger partial charge on any atom is -0.325 e. The van der Waals surface area contributed by atoms with Crippen LogP contribution in [0, 0.1) is 17.3 Å². The van der Waals surface area contributed by atoms with Crippen molar-refractivity contribution in [2.45, 2.75) is 69.0 Å². The van der Waals surface area contributed by atoms with Crippen LogP contribution in [0.3, 0.4) is 0 Å². The summed E-state index contributed by atoms with van der Waals surface area (Å²) in [6, 6.07) is 8.35. The van der Waals surface area contributed by atoms with Gasteiger partial charge in [0.2, 0.25) is 5.91 Å². The molecular formula is C21H28BrNO. The number of benzene rings is 1. The van der Waals surface area contributed by atoms with Crippen LogP contribution in [0.5, 0.6) is 0 Å². The summed E-state index contributed by atoms with van der Waals surface area (Å²) in [6.45, 7) is 4.44. The largest absolute Gasteiger partial charge is 0.325 e. The molecule has 5 rings (SSSR count). The maximum Gasteiger partial charge on any atom is 0.230 e. The molecule has 0 heterocycles. The summed E-state index contributed by atoms with van der Waals surface area (Å²) in [5, 5.41) is 3.34. The minimum absolute atomic E-state index is 0.143. The van der Waals surface area contributed by atoms with E-state index >= 15 is 0 Å². The van der Waals surface area contributed by atoms with E-state index in [2.05, 4.69) is 53.3 Å². The Labute approximate surface area is 153 Å². The lowest BCUT2D eigenvalue weighted by Crippen LogP contribution is -2.57. The molecule has 0 radical (unpaired) electrons. The summed E-state index contributed by atoms with van der Waals surface area (Å²) in [7, 11) is 0. The maximum atomic E-state index is 13.3. The Morgan fingerprint density at radius 2 is 1.92 bits per heavy atom. The van der Waals surface area contributed by atoms with Crippen molar-refractivity contribution in [2.75, 3.05) is 5.32 Å². The highest BCUT2D eigenvalue weighted by molar-refractivity contribution is 9.10. The van der Waals surface area contributed by atoms with Crippen LogP contribution < -0.4 is 5.32 Å². The zero-order valence-electron chi connectivity index (χ0n) is 14.8. The van der Waals surface area contributed by atoms with Gasteiger partial charge in [0.25, 0.3) is 0 Å². The van der Waals surface area contributed by atoms with Gasteiger partial charge in [-0.1, -0.05) is 48.0 Å². The molecule has 0 saturated heterocycles. The van der Waals surface area contributed by atoms with Crippen molar-refractivity contribution >= 4 is 27.5 Å². The Hall–Kier alpha value is -0.830. The molecule has 1 amide bonds. The van der Waals surface area contributed by atoms with E-state index in [-0.39, 0.29) is 15.6 Å². The van der Waals surface area contributed by atoms with Gasteiger partial charge in [0.1, 0.15) is 0 Å². The normalized spacial score (nSPS) is 38.1. The van der Waals surface area contributed by atoms with Crippen molar-refractivity contribution in [2.24, 2.45) is 17.3 Å². The Bertz CT molecular complexity index is 641. The Balaban J connectivity index is 1.59. The highest BCUT2D eigenvalue weighted by Crippen LogP contribution is 2.64. The van der Waals surface area contributed by atoms with Crippen LogP contribution in [0.25, 0.3) is 0 Å². The monoisotopic (exact) mass is 389 g/mol. The summed E-state index contributed by atoms with van der Waals surface area (Å²) in [4.78, 5) is 13.3. The summed E-state index contributed by atoms with van der Waals surface area (Å²) >= 11 is 4.02. The van der Waals surface area contributed by atoms with Gasteiger partial charge in [0, 0.05) is 10.0 Å². The summed E-state index contributed by atoms with van der Waals surface area (Å²) in [5.74, 6) is 2.22. The number of nitrogens with one attached hydrogen (secondary N) is 1. The second-order valence-electron chi connectivity index (χ2n) is 8.74. The number of amides is 1. The number of hydrogen-bond acceptors (Lipinski definition) is 1. The van der Waals surface area contributed by atoms with E-state index in [0.29, 0.717) is 5.92 Å². The highest BCUT2D eigenvalue weighted by Gasteiger charge is 2.59. The molecule has 24 heavy (non-hydrogen) atoms. The first kappa shape index (κ1) is 16.6. The van der Waals surface area contributed by atoms with Gasteiger partial charge in [-0.2, -0.15) is 0 Å². The van der Waals surface area contributed by atoms with Gasteiger partial charge >= 0.3 is 0 Å². The highest BCUT2D eigenvalue weighted by atomic mass is 79.9. The molecule has 4 aliphatic rings. The molecule has 1 N–H and O–H groups in total. The number of alkyl halides is 1. The first-order valence-corrected chi connectivity index (χ1v) is 10.3. The Kier molecular flexibility index (Phi) is 4.06. The van der Waals surface area contributed by atoms with E-state index in [4.69, 9.17) is 0 Å². The first-order valence-electron chi connectivity index (χ1n) is 9.52. The van der Waals surface area contributed by atoms with E-state index in [1.807, 2.05) is 6.07 Å². The molecule has 0 aliphatic heterocycles. The summed E-state index contributed by atoms with van der Waals surface area (Å²) in [5.41, 5.74) is 2.15. The van der Waals surface area contributed by atoms with Crippen LogP contribution in [-0.2, 0) is 4.79 Å². The average molecular weight is 390 g/mol. The third-order valence-electron chi connectivity index (χ3n) is 6.82. The molecule has 2 nitrogen and oxygen atoms in total. The molecule has 130 valence electrons. The first-order chi connectivity index (χ1) is 11.4. The lowest BCUT2D eigenvalue weighted by molar-refractivity contribution is -0.138. The lowest BCUT2D eigenvalue weighted by atomic mass is 9.49. The standard InChI is InChI=1S/C21H28BrNO/c1-3-14(2)17-6-4-5-7-18(17)23-19(24)20-9-15-8-16(10-20)12-21(22,11-15)13-20/h4-7,14-16H,3,8-13H2,1-2H3,(H,23,24)/t14-,15-,16+,20?,21?/m0/s1. The molecule has 5 atom stereocenters. The third kappa shape index (κ3) is 2.73. The molecule has 0 spiro atoms. The van der Waals surface area contributed by atoms with Gasteiger partial charge < -0.3 is 5.32 Å². The number of rotatable bonds is 4. The SMILES string of the molecule is CC[C@H](C)c1ccccc1NC(=O)C12C[C@@H]3C[C@@H](CC(Br)(C3)C1)C2. The van der Waals surface area contributed by atoms with Gasteiger partial charge in [0.05, 0.1) is 5.41 Å². The van der Waals surface area contributed by atoms with Crippen LogP contribution in [0.15, 0.2) is 24.3 Å². The number of halogens is 1. The van der Waals surface area contributed by atoms with E-state index in [1.165, 1.54) is 24.8 Å². The molecule has 2 unspecified atom stereocenters. The fourth-order valence-corrected chi connectivity index (χ4v) is 7.38. The van der Waals surface area contributed by atoms with Crippen LogP contribution >= 0.6 is 15.9 Å². The molecule has 4 saturated carbocycles.